The average molecular weight is 319 g/mol. The van der Waals surface area contributed by atoms with E-state index in [-0.39, 0.29) is 42.4 Å². The molecule has 18 heavy (non-hydrogen) atoms. The van der Waals surface area contributed by atoms with Crippen LogP contribution in [0.15, 0.2) is 33.3 Å². The molecule has 5 nitrogen and oxygen atoms in total. The number of aliphatic carboxylic acids is 1. The number of aromatic nitrogens is 2. The molecule has 0 saturated heterocycles. The molecule has 0 N–H and O–H groups in total. The predicted molar refractivity (Wildman–Crippen MR) is 60.8 cm³/mol. The van der Waals surface area contributed by atoms with Gasteiger partial charge in [0, 0.05) is 22.4 Å². The van der Waals surface area contributed by atoms with Gasteiger partial charge in [-0.3, -0.25) is 0 Å². The fourth-order valence-corrected chi connectivity index (χ4v) is 1.55. The van der Waals surface area contributed by atoms with Crippen LogP contribution in [0, 0.1) is 0 Å². The van der Waals surface area contributed by atoms with Crippen LogP contribution in [0.4, 0.5) is 0 Å². The Bertz CT molecular complexity index is 527. The van der Waals surface area contributed by atoms with Crippen molar-refractivity contribution < 1.29 is 44.0 Å². The molecule has 0 fully saturated rings. The summed E-state index contributed by atoms with van der Waals surface area (Å²) in [6, 6.07) is 7.42. The molecule has 0 bridgehead atoms. The third-order valence-corrected chi connectivity index (χ3v) is 2.64. The summed E-state index contributed by atoms with van der Waals surface area (Å²) in [6.07, 6.45) is 0.0633. The summed E-state index contributed by atoms with van der Waals surface area (Å²) >= 11 is 3.33. The molecule has 0 saturated carbocycles. The minimum Gasteiger partial charge on any atom is -0.550 e. The minimum absolute atomic E-state index is 0. The van der Waals surface area contributed by atoms with Gasteiger partial charge in [0.15, 0.2) is 0 Å². The Morgan fingerprint density at radius 1 is 1.33 bits per heavy atom. The monoisotopic (exact) mass is 318 g/mol. The maximum absolute atomic E-state index is 10.3. The van der Waals surface area contributed by atoms with Crippen LogP contribution >= 0.6 is 15.9 Å². The number of carbonyl (C=O) groups is 1. The van der Waals surface area contributed by atoms with Gasteiger partial charge < -0.3 is 14.4 Å². The molecule has 0 amide bonds. The standard InChI is InChI=1S/C11H9BrN2O3.Na/c12-8-3-1-7(2-4-8)11-13-9(17-14-11)5-6-10(15)16;/h1-4H,5-6H2,(H,15,16);/q;+1/p-1. The zero-order valence-electron chi connectivity index (χ0n) is 9.72. The Kier molecular flexibility index (Phi) is 6.01. The first-order chi connectivity index (χ1) is 8.15. The van der Waals surface area contributed by atoms with Crippen LogP contribution in [0.3, 0.4) is 0 Å². The largest absolute Gasteiger partial charge is 1.00 e. The predicted octanol–water partition coefficient (Wildman–Crippen LogP) is -1.81. The molecule has 0 aliphatic carbocycles. The van der Waals surface area contributed by atoms with Gasteiger partial charge in [-0.15, -0.1) is 0 Å². The van der Waals surface area contributed by atoms with Crippen LogP contribution in [0.1, 0.15) is 12.3 Å². The first-order valence-electron chi connectivity index (χ1n) is 4.93. The van der Waals surface area contributed by atoms with Crippen LogP contribution in [-0.2, 0) is 11.2 Å². The van der Waals surface area contributed by atoms with Crippen molar-refractivity contribution >= 4 is 21.9 Å². The Morgan fingerprint density at radius 3 is 2.61 bits per heavy atom. The Labute approximate surface area is 134 Å². The summed E-state index contributed by atoms with van der Waals surface area (Å²) in [5.41, 5.74) is 0.816. The molecule has 1 heterocycles. The van der Waals surface area contributed by atoms with E-state index in [4.69, 9.17) is 4.52 Å². The van der Waals surface area contributed by atoms with Gasteiger partial charge >= 0.3 is 29.6 Å². The first-order valence-corrected chi connectivity index (χ1v) is 5.73. The molecule has 0 radical (unpaired) electrons. The van der Waals surface area contributed by atoms with E-state index in [2.05, 4.69) is 26.1 Å². The second kappa shape index (κ2) is 7.04. The van der Waals surface area contributed by atoms with Crippen molar-refractivity contribution in [2.75, 3.05) is 0 Å². The van der Waals surface area contributed by atoms with Gasteiger partial charge in [0.2, 0.25) is 11.7 Å². The van der Waals surface area contributed by atoms with E-state index in [0.717, 1.165) is 10.0 Å². The van der Waals surface area contributed by atoms with Crippen LogP contribution < -0.4 is 34.7 Å². The molecule has 0 aliphatic rings. The Morgan fingerprint density at radius 2 is 2.00 bits per heavy atom. The van der Waals surface area contributed by atoms with E-state index >= 15 is 0 Å². The number of rotatable bonds is 4. The molecule has 0 unspecified atom stereocenters. The fraction of sp³-hybridized carbons (Fsp3) is 0.182. The van der Waals surface area contributed by atoms with E-state index in [1.807, 2.05) is 24.3 Å². The van der Waals surface area contributed by atoms with E-state index in [0.29, 0.717) is 11.7 Å². The first kappa shape index (κ1) is 15.4. The number of hydrogen-bond donors (Lipinski definition) is 0. The van der Waals surface area contributed by atoms with Gasteiger partial charge in [0.25, 0.3) is 0 Å². The molecule has 0 spiro atoms. The summed E-state index contributed by atoms with van der Waals surface area (Å²) < 4.78 is 5.90. The van der Waals surface area contributed by atoms with Crippen molar-refractivity contribution in [1.29, 1.82) is 0 Å². The van der Waals surface area contributed by atoms with Crippen molar-refractivity contribution in [1.82, 2.24) is 10.1 Å². The van der Waals surface area contributed by atoms with Crippen LogP contribution in [-0.4, -0.2) is 16.1 Å². The molecule has 88 valence electrons. The van der Waals surface area contributed by atoms with Gasteiger partial charge in [0.05, 0.1) is 0 Å². The second-order valence-corrected chi connectivity index (χ2v) is 4.31. The topological polar surface area (TPSA) is 79.0 Å². The third kappa shape index (κ3) is 4.20. The minimum atomic E-state index is -1.13. The number of benzene rings is 1. The zero-order valence-corrected chi connectivity index (χ0v) is 13.3. The molecule has 7 heteroatoms. The third-order valence-electron chi connectivity index (χ3n) is 2.11. The van der Waals surface area contributed by atoms with Gasteiger partial charge in [-0.05, 0) is 30.7 Å². The van der Waals surface area contributed by atoms with Crippen molar-refractivity contribution in [2.45, 2.75) is 12.8 Å². The van der Waals surface area contributed by atoms with Gasteiger partial charge in [-0.2, -0.15) is 4.98 Å². The molecule has 0 atom stereocenters. The molecular weight excluding hydrogens is 311 g/mol. The van der Waals surface area contributed by atoms with Gasteiger partial charge in [-0.25, -0.2) is 0 Å². The summed E-state index contributed by atoms with van der Waals surface area (Å²) in [6.45, 7) is 0. The van der Waals surface area contributed by atoms with Crippen molar-refractivity contribution in [3.63, 3.8) is 0 Å². The smallest absolute Gasteiger partial charge is 0.550 e. The molecule has 1 aromatic carbocycles. The number of carboxylic acids is 1. The number of carboxylic acid groups (broad SMARTS) is 1. The van der Waals surface area contributed by atoms with E-state index in [1.165, 1.54) is 0 Å². The van der Waals surface area contributed by atoms with Crippen molar-refractivity contribution in [3.05, 3.63) is 34.6 Å². The Hall–Kier alpha value is -0.690. The summed E-state index contributed by atoms with van der Waals surface area (Å²) in [7, 11) is 0. The number of aryl methyl sites for hydroxylation is 1. The SMILES string of the molecule is O=C([O-])CCc1nc(-c2ccc(Br)cc2)no1.[Na+]. The van der Waals surface area contributed by atoms with E-state index in [1.54, 1.807) is 0 Å². The summed E-state index contributed by atoms with van der Waals surface area (Å²) in [5.74, 6) is -0.383. The van der Waals surface area contributed by atoms with Gasteiger partial charge in [-0.1, -0.05) is 21.1 Å². The zero-order chi connectivity index (χ0) is 12.3. The maximum Gasteiger partial charge on any atom is 1.00 e. The number of halogens is 1. The molecule has 2 rings (SSSR count). The van der Waals surface area contributed by atoms with Crippen LogP contribution in [0.2, 0.25) is 0 Å². The number of hydrogen-bond acceptors (Lipinski definition) is 5. The van der Waals surface area contributed by atoms with E-state index < -0.39 is 5.97 Å². The normalized spacial score (nSPS) is 9.83. The van der Waals surface area contributed by atoms with Crippen molar-refractivity contribution in [2.24, 2.45) is 0 Å². The summed E-state index contributed by atoms with van der Waals surface area (Å²) in [5, 5.41) is 14.1. The maximum atomic E-state index is 10.3. The quantitative estimate of drug-likeness (QED) is 0.621. The number of nitrogens with zero attached hydrogens (tertiary/aromatic N) is 2. The second-order valence-electron chi connectivity index (χ2n) is 3.39. The van der Waals surface area contributed by atoms with Crippen LogP contribution in [0.25, 0.3) is 11.4 Å². The molecule has 0 aliphatic heterocycles. The molecular formula is C11H8BrN2NaO3. The van der Waals surface area contributed by atoms with Gasteiger partial charge in [0.1, 0.15) is 0 Å². The average Bonchev–Trinajstić information content (AvgIpc) is 2.76. The van der Waals surface area contributed by atoms with E-state index in [9.17, 15) is 9.90 Å². The molecule has 1 aromatic heterocycles. The van der Waals surface area contributed by atoms with Crippen molar-refractivity contribution in [3.8, 4) is 11.4 Å². The number of carbonyl (C=O) groups excluding carboxylic acids is 1. The molecule has 2 aromatic rings. The van der Waals surface area contributed by atoms with Crippen LogP contribution in [0.5, 0.6) is 0 Å². The summed E-state index contributed by atoms with van der Waals surface area (Å²) in [4.78, 5) is 14.4. The Balaban J connectivity index is 0.00000162. The fourth-order valence-electron chi connectivity index (χ4n) is 1.28.